The summed E-state index contributed by atoms with van der Waals surface area (Å²) in [5, 5.41) is 0. The second kappa shape index (κ2) is 5.79. The number of anilines is 1. The molecule has 108 valence electrons. The topological polar surface area (TPSA) is 20.3 Å². The van der Waals surface area contributed by atoms with Gasteiger partial charge in [-0.05, 0) is 30.5 Å². The van der Waals surface area contributed by atoms with E-state index in [4.69, 9.17) is 0 Å². The number of carbonyl (C=O) groups excluding carboxylic acids is 1. The zero-order chi connectivity index (χ0) is 14.9. The molecule has 1 unspecified atom stereocenters. The van der Waals surface area contributed by atoms with Crippen molar-refractivity contribution < 1.29 is 4.79 Å². The van der Waals surface area contributed by atoms with Gasteiger partial charge in [-0.1, -0.05) is 71.1 Å². The smallest absolute Gasteiger partial charge is 0.237 e. The van der Waals surface area contributed by atoms with Crippen LogP contribution in [0.4, 0.5) is 5.69 Å². The summed E-state index contributed by atoms with van der Waals surface area (Å²) in [5.74, 6) is 0.226. The Morgan fingerprint density at radius 2 is 1.71 bits per heavy atom. The van der Waals surface area contributed by atoms with Crippen molar-refractivity contribution in [2.75, 3.05) is 9.33 Å². The van der Waals surface area contributed by atoms with Crippen LogP contribution in [-0.2, 0) is 16.8 Å². The molecular formula is C18H18INO. The Bertz CT molecular complexity index is 655. The van der Waals surface area contributed by atoms with Crippen LogP contribution in [0.25, 0.3) is 0 Å². The first kappa shape index (κ1) is 14.6. The van der Waals surface area contributed by atoms with E-state index in [0.717, 1.165) is 16.5 Å². The van der Waals surface area contributed by atoms with Crippen LogP contribution < -0.4 is 4.90 Å². The highest BCUT2D eigenvalue weighted by molar-refractivity contribution is 14.1. The summed E-state index contributed by atoms with van der Waals surface area (Å²) in [6, 6.07) is 18.4. The van der Waals surface area contributed by atoms with Gasteiger partial charge in [-0.15, -0.1) is 0 Å². The monoisotopic (exact) mass is 391 g/mol. The average molecular weight is 391 g/mol. The Morgan fingerprint density at radius 3 is 2.43 bits per heavy atom. The molecule has 3 rings (SSSR count). The van der Waals surface area contributed by atoms with Crippen LogP contribution in [0, 0.1) is 0 Å². The summed E-state index contributed by atoms with van der Waals surface area (Å²) < 4.78 is 0.980. The number of halogens is 1. The molecule has 1 amide bonds. The molecule has 3 heteroatoms. The normalized spacial score (nSPS) is 20.7. The first-order valence-corrected chi connectivity index (χ1v) is 8.71. The number of hydrogen-bond acceptors (Lipinski definition) is 1. The predicted molar refractivity (Wildman–Crippen MR) is 94.9 cm³/mol. The van der Waals surface area contributed by atoms with Crippen LogP contribution in [0.15, 0.2) is 54.6 Å². The molecule has 0 saturated carbocycles. The van der Waals surface area contributed by atoms with Gasteiger partial charge >= 0.3 is 0 Å². The number of rotatable bonds is 4. The minimum absolute atomic E-state index is 0.226. The van der Waals surface area contributed by atoms with E-state index in [2.05, 4.69) is 53.8 Å². The number of hydrogen-bond donors (Lipinski definition) is 0. The highest BCUT2D eigenvalue weighted by Gasteiger charge is 2.46. The van der Waals surface area contributed by atoms with Gasteiger partial charge < -0.3 is 4.90 Å². The van der Waals surface area contributed by atoms with E-state index < -0.39 is 0 Å². The summed E-state index contributed by atoms with van der Waals surface area (Å²) in [7, 11) is 0. The number of amides is 1. The SMILES string of the molecule is CC1(CCI)C(=O)N(Cc2ccccc2)c2ccccc21. The van der Waals surface area contributed by atoms with Gasteiger partial charge in [-0.2, -0.15) is 0 Å². The van der Waals surface area contributed by atoms with Crippen LogP contribution in [0.5, 0.6) is 0 Å². The maximum Gasteiger partial charge on any atom is 0.237 e. The minimum atomic E-state index is -0.382. The fourth-order valence-corrected chi connectivity index (χ4v) is 4.13. The molecule has 1 atom stereocenters. The Hall–Kier alpha value is -1.36. The van der Waals surface area contributed by atoms with Gasteiger partial charge in [0.05, 0.1) is 12.0 Å². The quantitative estimate of drug-likeness (QED) is 0.562. The molecule has 0 aliphatic carbocycles. The van der Waals surface area contributed by atoms with Gasteiger partial charge in [0.2, 0.25) is 5.91 Å². The molecule has 0 N–H and O–H groups in total. The fourth-order valence-electron chi connectivity index (χ4n) is 3.05. The van der Waals surface area contributed by atoms with Crippen molar-refractivity contribution in [3.05, 3.63) is 65.7 Å². The van der Waals surface area contributed by atoms with Crippen LogP contribution >= 0.6 is 22.6 Å². The van der Waals surface area contributed by atoms with E-state index in [0.29, 0.717) is 6.54 Å². The highest BCUT2D eigenvalue weighted by atomic mass is 127. The Balaban J connectivity index is 2.01. The molecule has 1 aliphatic heterocycles. The third-order valence-corrected chi connectivity index (χ3v) is 4.82. The number of nitrogens with zero attached hydrogens (tertiary/aromatic N) is 1. The van der Waals surface area contributed by atoms with E-state index in [1.165, 1.54) is 11.1 Å². The predicted octanol–water partition coefficient (Wildman–Crippen LogP) is 4.32. The lowest BCUT2D eigenvalue weighted by Gasteiger charge is -2.23. The zero-order valence-corrected chi connectivity index (χ0v) is 14.2. The Morgan fingerprint density at radius 1 is 1.05 bits per heavy atom. The molecule has 0 saturated heterocycles. The molecule has 2 nitrogen and oxygen atoms in total. The molecular weight excluding hydrogens is 373 g/mol. The number of para-hydroxylation sites is 1. The van der Waals surface area contributed by atoms with Gasteiger partial charge in [0.1, 0.15) is 0 Å². The van der Waals surface area contributed by atoms with Crippen LogP contribution in [0.3, 0.4) is 0 Å². The number of alkyl halides is 1. The van der Waals surface area contributed by atoms with Crippen LogP contribution in [-0.4, -0.2) is 10.3 Å². The van der Waals surface area contributed by atoms with E-state index in [1.54, 1.807) is 0 Å². The number of fused-ring (bicyclic) bond motifs is 1. The van der Waals surface area contributed by atoms with Crippen molar-refractivity contribution in [2.24, 2.45) is 0 Å². The summed E-state index contributed by atoms with van der Waals surface area (Å²) in [4.78, 5) is 14.9. The third-order valence-electron chi connectivity index (χ3n) is 4.28. The molecule has 0 fully saturated rings. The summed E-state index contributed by atoms with van der Waals surface area (Å²) in [6.07, 6.45) is 0.884. The van der Waals surface area contributed by atoms with Gasteiger partial charge in [-0.3, -0.25) is 4.79 Å². The molecule has 2 aromatic carbocycles. The summed E-state index contributed by atoms with van der Waals surface area (Å²) in [6.45, 7) is 2.73. The van der Waals surface area contributed by atoms with E-state index >= 15 is 0 Å². The standard InChI is InChI=1S/C18H18INO/c1-18(11-12-19)15-9-5-6-10-16(15)20(17(18)21)13-14-7-3-2-4-8-14/h2-10H,11-13H2,1H3. The number of carbonyl (C=O) groups is 1. The zero-order valence-electron chi connectivity index (χ0n) is 12.1. The summed E-state index contributed by atoms with van der Waals surface area (Å²) in [5.41, 5.74) is 3.02. The lowest BCUT2D eigenvalue weighted by atomic mass is 9.81. The van der Waals surface area contributed by atoms with Crippen molar-refractivity contribution in [2.45, 2.75) is 25.3 Å². The largest absolute Gasteiger partial charge is 0.307 e. The first-order chi connectivity index (χ1) is 10.2. The highest BCUT2D eigenvalue weighted by Crippen LogP contribution is 2.44. The molecule has 0 radical (unpaired) electrons. The lowest BCUT2D eigenvalue weighted by Crippen LogP contribution is -2.38. The second-order valence-corrected chi connectivity index (χ2v) is 6.74. The van der Waals surface area contributed by atoms with Crippen molar-refractivity contribution in [1.82, 2.24) is 0 Å². The molecule has 1 aliphatic rings. The Kier molecular flexibility index (Phi) is 4.02. The number of benzene rings is 2. The Labute approximate surface area is 139 Å². The van der Waals surface area contributed by atoms with Gasteiger partial charge in [0, 0.05) is 10.1 Å². The maximum atomic E-state index is 13.0. The molecule has 21 heavy (non-hydrogen) atoms. The molecule has 0 aromatic heterocycles. The third kappa shape index (κ3) is 2.48. The summed E-state index contributed by atoms with van der Waals surface area (Å²) >= 11 is 2.36. The lowest BCUT2D eigenvalue weighted by molar-refractivity contribution is -0.122. The van der Waals surface area contributed by atoms with Gasteiger partial charge in [-0.25, -0.2) is 0 Å². The molecule has 2 aromatic rings. The van der Waals surface area contributed by atoms with Gasteiger partial charge in [0.15, 0.2) is 0 Å². The van der Waals surface area contributed by atoms with E-state index in [9.17, 15) is 4.79 Å². The molecule has 1 heterocycles. The maximum absolute atomic E-state index is 13.0. The van der Waals surface area contributed by atoms with Gasteiger partial charge in [0.25, 0.3) is 0 Å². The fraction of sp³-hybridized carbons (Fsp3) is 0.278. The van der Waals surface area contributed by atoms with Crippen LogP contribution in [0.1, 0.15) is 24.5 Å². The van der Waals surface area contributed by atoms with E-state index in [-0.39, 0.29) is 11.3 Å². The van der Waals surface area contributed by atoms with Crippen molar-refractivity contribution >= 4 is 34.2 Å². The average Bonchev–Trinajstić information content (AvgIpc) is 2.72. The molecule has 0 spiro atoms. The van der Waals surface area contributed by atoms with Crippen molar-refractivity contribution in [3.8, 4) is 0 Å². The van der Waals surface area contributed by atoms with Crippen LogP contribution in [0.2, 0.25) is 0 Å². The van der Waals surface area contributed by atoms with Crippen molar-refractivity contribution in [1.29, 1.82) is 0 Å². The first-order valence-electron chi connectivity index (χ1n) is 7.18. The minimum Gasteiger partial charge on any atom is -0.307 e. The second-order valence-electron chi connectivity index (χ2n) is 5.67. The van der Waals surface area contributed by atoms with E-state index in [1.807, 2.05) is 35.2 Å². The molecule has 0 bridgehead atoms. The van der Waals surface area contributed by atoms with Crippen molar-refractivity contribution in [3.63, 3.8) is 0 Å².